The first kappa shape index (κ1) is 25.8. The highest BCUT2D eigenvalue weighted by atomic mass is 16.1. The first-order chi connectivity index (χ1) is 19.2. The van der Waals surface area contributed by atoms with E-state index in [1.165, 1.54) is 5.56 Å². The highest BCUT2D eigenvalue weighted by Gasteiger charge is 2.22. The van der Waals surface area contributed by atoms with Gasteiger partial charge in [-0.05, 0) is 40.8 Å². The summed E-state index contributed by atoms with van der Waals surface area (Å²) in [6.07, 6.45) is 1.97. The van der Waals surface area contributed by atoms with Gasteiger partial charge in [0, 0.05) is 38.8 Å². The lowest BCUT2D eigenvalue weighted by molar-refractivity contribution is 0.209. The zero-order chi connectivity index (χ0) is 28.0. The minimum Gasteiger partial charge on any atom is -0.326 e. The van der Waals surface area contributed by atoms with Crippen LogP contribution in [-0.4, -0.2) is 35.1 Å². The fourth-order valence-electron chi connectivity index (χ4n) is 5.59. The van der Waals surface area contributed by atoms with Crippen LogP contribution in [0.3, 0.4) is 0 Å². The Bertz CT molecular complexity index is 1810. The molecule has 0 bridgehead atoms. The Hall–Kier alpha value is -4.48. The van der Waals surface area contributed by atoms with Crippen LogP contribution in [0.4, 0.5) is 0 Å². The molecule has 0 radical (unpaired) electrons. The summed E-state index contributed by atoms with van der Waals surface area (Å²) in [7, 11) is 1.76. The quantitative estimate of drug-likeness (QED) is 0.311. The van der Waals surface area contributed by atoms with E-state index in [0.29, 0.717) is 23.4 Å². The summed E-state index contributed by atoms with van der Waals surface area (Å²) >= 11 is 0. The van der Waals surface area contributed by atoms with Gasteiger partial charge < -0.3 is 4.57 Å². The molecule has 0 fully saturated rings. The number of hydrogen-bond acceptors (Lipinski definition) is 5. The molecule has 0 atom stereocenters. The standard InChI is InChI=1S/C32H33N7O/c1-32(2,3)21-39-27-13-12-26(35-30(27)36(4)31(39)40)25-16-22(10-11-24(25)17-33)19-37-14-15-38-28(18-34-29(38)20-37)23-8-6-5-7-9-23/h5-13,16,18H,14-15,19-21H2,1-4H3. The van der Waals surface area contributed by atoms with Gasteiger partial charge in [-0.25, -0.2) is 14.8 Å². The predicted octanol–water partition coefficient (Wildman–Crippen LogP) is 5.20. The largest absolute Gasteiger partial charge is 0.330 e. The third-order valence-corrected chi connectivity index (χ3v) is 7.51. The lowest BCUT2D eigenvalue weighted by Gasteiger charge is -2.28. The number of hydrogen-bond donors (Lipinski definition) is 0. The molecule has 0 amide bonds. The number of fused-ring (bicyclic) bond motifs is 2. The first-order valence-electron chi connectivity index (χ1n) is 13.6. The number of nitrogens with zero attached hydrogens (tertiary/aromatic N) is 7. The van der Waals surface area contributed by atoms with Crippen molar-refractivity contribution in [2.45, 2.75) is 47.0 Å². The van der Waals surface area contributed by atoms with Gasteiger partial charge in [0.15, 0.2) is 5.65 Å². The number of benzene rings is 2. The lowest BCUT2D eigenvalue weighted by Crippen LogP contribution is -2.33. The third-order valence-electron chi connectivity index (χ3n) is 7.51. The van der Waals surface area contributed by atoms with E-state index >= 15 is 0 Å². The van der Waals surface area contributed by atoms with E-state index in [4.69, 9.17) is 9.97 Å². The van der Waals surface area contributed by atoms with Crippen molar-refractivity contribution in [1.82, 2.24) is 28.6 Å². The van der Waals surface area contributed by atoms with Crippen molar-refractivity contribution in [1.29, 1.82) is 5.26 Å². The molecule has 3 aromatic heterocycles. The van der Waals surface area contributed by atoms with Crippen molar-refractivity contribution in [2.75, 3.05) is 6.54 Å². The van der Waals surface area contributed by atoms with Crippen molar-refractivity contribution in [3.8, 4) is 28.6 Å². The van der Waals surface area contributed by atoms with E-state index in [1.807, 2.05) is 36.5 Å². The van der Waals surface area contributed by atoms with Crippen LogP contribution in [0, 0.1) is 16.7 Å². The highest BCUT2D eigenvalue weighted by Crippen LogP contribution is 2.28. The Morgan fingerprint density at radius 2 is 1.82 bits per heavy atom. The number of imidazole rings is 2. The van der Waals surface area contributed by atoms with Crippen LogP contribution in [0.25, 0.3) is 33.7 Å². The van der Waals surface area contributed by atoms with Gasteiger partial charge in [-0.3, -0.25) is 14.0 Å². The smallest absolute Gasteiger partial charge is 0.326 e. The van der Waals surface area contributed by atoms with Crippen molar-refractivity contribution >= 4 is 11.2 Å². The Morgan fingerprint density at radius 3 is 2.58 bits per heavy atom. The monoisotopic (exact) mass is 531 g/mol. The van der Waals surface area contributed by atoms with Crippen LogP contribution in [0.5, 0.6) is 0 Å². The molecule has 0 saturated carbocycles. The summed E-state index contributed by atoms with van der Waals surface area (Å²) in [5.74, 6) is 1.06. The molecule has 2 aromatic carbocycles. The van der Waals surface area contributed by atoms with E-state index < -0.39 is 0 Å². The molecule has 6 rings (SSSR count). The van der Waals surface area contributed by atoms with Gasteiger partial charge in [0.2, 0.25) is 0 Å². The summed E-state index contributed by atoms with van der Waals surface area (Å²) in [4.78, 5) is 25.0. The fourth-order valence-corrected chi connectivity index (χ4v) is 5.59. The number of nitriles is 1. The number of aromatic nitrogens is 5. The third kappa shape index (κ3) is 4.74. The van der Waals surface area contributed by atoms with Crippen molar-refractivity contribution in [2.24, 2.45) is 12.5 Å². The number of rotatable bonds is 5. The zero-order valence-corrected chi connectivity index (χ0v) is 23.4. The molecule has 5 aromatic rings. The molecule has 40 heavy (non-hydrogen) atoms. The predicted molar refractivity (Wildman–Crippen MR) is 156 cm³/mol. The maximum absolute atomic E-state index is 13.0. The summed E-state index contributed by atoms with van der Waals surface area (Å²) < 4.78 is 5.70. The van der Waals surface area contributed by atoms with Crippen molar-refractivity contribution < 1.29 is 0 Å². The Labute approximate surface area is 233 Å². The van der Waals surface area contributed by atoms with Crippen LogP contribution in [-0.2, 0) is 33.2 Å². The van der Waals surface area contributed by atoms with Crippen molar-refractivity contribution in [3.63, 3.8) is 0 Å². The SMILES string of the molecule is Cn1c(=O)n(CC(C)(C)C)c2ccc(-c3cc(CN4CCn5c(-c6ccccc6)cnc5C4)ccc3C#N)nc21. The Balaban J connectivity index is 1.28. The number of pyridine rings is 1. The molecule has 0 saturated heterocycles. The van der Waals surface area contributed by atoms with Crippen LogP contribution in [0.2, 0.25) is 0 Å². The molecular weight excluding hydrogens is 498 g/mol. The fraction of sp³-hybridized carbons (Fsp3) is 0.312. The van der Waals surface area contributed by atoms with Crippen molar-refractivity contribution in [3.05, 3.63) is 94.3 Å². The molecule has 0 N–H and O–H groups in total. The van der Waals surface area contributed by atoms with Crippen LogP contribution in [0.15, 0.2) is 71.7 Å². The maximum atomic E-state index is 13.0. The summed E-state index contributed by atoms with van der Waals surface area (Å²) in [6, 6.07) is 22.5. The average Bonchev–Trinajstić information content (AvgIpc) is 3.47. The molecular formula is C32H33N7O. The van der Waals surface area contributed by atoms with Crippen LogP contribution in [0.1, 0.15) is 37.7 Å². The molecule has 8 heteroatoms. The van der Waals surface area contributed by atoms with Gasteiger partial charge in [-0.15, -0.1) is 0 Å². The Morgan fingerprint density at radius 1 is 1.02 bits per heavy atom. The van der Waals surface area contributed by atoms with E-state index in [0.717, 1.165) is 54.3 Å². The Kier molecular flexibility index (Phi) is 6.40. The average molecular weight is 532 g/mol. The van der Waals surface area contributed by atoms with Crippen LogP contribution >= 0.6 is 0 Å². The highest BCUT2D eigenvalue weighted by molar-refractivity contribution is 5.78. The molecule has 1 aliphatic heterocycles. The second-order valence-electron chi connectivity index (χ2n) is 11.8. The molecule has 202 valence electrons. The molecule has 0 aliphatic carbocycles. The second-order valence-corrected chi connectivity index (χ2v) is 11.8. The topological polar surface area (TPSA) is 84.7 Å². The van der Waals surface area contributed by atoms with Gasteiger partial charge in [0.1, 0.15) is 5.82 Å². The van der Waals surface area contributed by atoms with Gasteiger partial charge in [0.05, 0.1) is 41.3 Å². The normalized spacial score (nSPS) is 13.9. The zero-order valence-electron chi connectivity index (χ0n) is 23.4. The number of aryl methyl sites for hydroxylation is 1. The van der Waals surface area contributed by atoms with Crippen LogP contribution < -0.4 is 5.69 Å². The second kappa shape index (κ2) is 9.92. The molecule has 4 heterocycles. The summed E-state index contributed by atoms with van der Waals surface area (Å²) in [5, 5.41) is 9.88. The van der Waals surface area contributed by atoms with Gasteiger partial charge in [-0.2, -0.15) is 5.26 Å². The van der Waals surface area contributed by atoms with Gasteiger partial charge >= 0.3 is 5.69 Å². The lowest BCUT2D eigenvalue weighted by atomic mass is 9.97. The minimum absolute atomic E-state index is 0.0478. The molecule has 0 spiro atoms. The minimum atomic E-state index is -0.0808. The molecule has 1 aliphatic rings. The summed E-state index contributed by atoms with van der Waals surface area (Å²) in [5.41, 5.74) is 6.78. The molecule has 8 nitrogen and oxygen atoms in total. The van der Waals surface area contributed by atoms with Gasteiger partial charge in [-0.1, -0.05) is 57.2 Å². The van der Waals surface area contributed by atoms with E-state index in [-0.39, 0.29) is 11.1 Å². The van der Waals surface area contributed by atoms with E-state index in [9.17, 15) is 10.1 Å². The van der Waals surface area contributed by atoms with E-state index in [2.05, 4.69) is 66.6 Å². The molecule has 0 unspecified atom stereocenters. The van der Waals surface area contributed by atoms with Gasteiger partial charge in [0.25, 0.3) is 0 Å². The maximum Gasteiger partial charge on any atom is 0.330 e. The first-order valence-corrected chi connectivity index (χ1v) is 13.6. The van der Waals surface area contributed by atoms with E-state index in [1.54, 1.807) is 16.2 Å². The summed E-state index contributed by atoms with van der Waals surface area (Å²) in [6.45, 7) is 10.2.